The molecule has 1 fully saturated rings. The average Bonchev–Trinajstić information content (AvgIpc) is 2.88. The van der Waals surface area contributed by atoms with Gasteiger partial charge in [-0.2, -0.15) is 0 Å². The van der Waals surface area contributed by atoms with Crippen LogP contribution in [0.1, 0.15) is 30.3 Å². The zero-order chi connectivity index (χ0) is 13.1. The highest BCUT2D eigenvalue weighted by atomic mass is 35.5. The Balaban J connectivity index is 1.80. The second-order valence-electron chi connectivity index (χ2n) is 4.83. The number of benzene rings is 1. The summed E-state index contributed by atoms with van der Waals surface area (Å²) in [5.74, 6) is 0.911. The van der Waals surface area contributed by atoms with E-state index in [4.69, 9.17) is 11.6 Å². The molecule has 0 atom stereocenters. The van der Waals surface area contributed by atoms with Gasteiger partial charge < -0.3 is 5.32 Å². The van der Waals surface area contributed by atoms with Crippen molar-refractivity contribution in [3.05, 3.63) is 40.7 Å². The third kappa shape index (κ3) is 2.93. The minimum absolute atomic E-state index is 0.408. The zero-order valence-corrected chi connectivity index (χ0v) is 11.3. The highest BCUT2D eigenvalue weighted by Gasteiger charge is 2.19. The topological polar surface area (TPSA) is 55.6 Å². The third-order valence-electron chi connectivity index (χ3n) is 3.47. The molecule has 0 amide bonds. The monoisotopic (exact) mass is 277 g/mol. The lowest BCUT2D eigenvalue weighted by molar-refractivity contribution is 0.331. The predicted molar refractivity (Wildman–Crippen MR) is 73.2 cm³/mol. The summed E-state index contributed by atoms with van der Waals surface area (Å²) < 4.78 is 1.97. The van der Waals surface area contributed by atoms with E-state index in [-0.39, 0.29) is 0 Å². The fourth-order valence-electron chi connectivity index (χ4n) is 2.49. The van der Waals surface area contributed by atoms with Crippen LogP contribution >= 0.6 is 11.6 Å². The number of rotatable bonds is 3. The van der Waals surface area contributed by atoms with Crippen LogP contribution in [0.2, 0.25) is 5.02 Å². The molecule has 1 aliphatic heterocycles. The Hall–Kier alpha value is -1.46. The van der Waals surface area contributed by atoms with Crippen molar-refractivity contribution in [2.24, 2.45) is 0 Å². The first-order valence-electron chi connectivity index (χ1n) is 6.55. The van der Waals surface area contributed by atoms with Gasteiger partial charge >= 0.3 is 0 Å². The van der Waals surface area contributed by atoms with E-state index in [0.29, 0.717) is 6.04 Å². The lowest BCUT2D eigenvalue weighted by Gasteiger charge is -2.23. The maximum absolute atomic E-state index is 6.01. The average molecular weight is 278 g/mol. The van der Waals surface area contributed by atoms with Crippen molar-refractivity contribution in [2.75, 3.05) is 13.1 Å². The van der Waals surface area contributed by atoms with Gasteiger partial charge in [0.2, 0.25) is 0 Å². The van der Waals surface area contributed by atoms with E-state index in [2.05, 4.69) is 20.8 Å². The second kappa shape index (κ2) is 5.67. The SMILES string of the molecule is Clc1cccc(Cc2nnnn2C2CCNCC2)c1. The Morgan fingerprint density at radius 1 is 1.32 bits per heavy atom. The minimum atomic E-state index is 0.408. The molecule has 1 N–H and O–H groups in total. The lowest BCUT2D eigenvalue weighted by Crippen LogP contribution is -2.30. The van der Waals surface area contributed by atoms with Crippen molar-refractivity contribution in [3.8, 4) is 0 Å². The number of nitrogens with one attached hydrogen (secondary N) is 1. The summed E-state index contributed by atoms with van der Waals surface area (Å²) in [6.07, 6.45) is 2.87. The van der Waals surface area contributed by atoms with Crippen molar-refractivity contribution >= 4 is 11.6 Å². The summed E-state index contributed by atoms with van der Waals surface area (Å²) in [5.41, 5.74) is 1.14. The number of halogens is 1. The first kappa shape index (κ1) is 12.6. The fourth-order valence-corrected chi connectivity index (χ4v) is 2.71. The first-order valence-corrected chi connectivity index (χ1v) is 6.92. The van der Waals surface area contributed by atoms with Gasteiger partial charge in [-0.15, -0.1) is 5.10 Å². The molecule has 6 heteroatoms. The fraction of sp³-hybridized carbons (Fsp3) is 0.462. The maximum atomic E-state index is 6.01. The second-order valence-corrected chi connectivity index (χ2v) is 5.26. The molecule has 0 spiro atoms. The Morgan fingerprint density at radius 3 is 2.95 bits per heavy atom. The normalized spacial score (nSPS) is 16.7. The predicted octanol–water partition coefficient (Wildman–Crippen LogP) is 1.84. The highest BCUT2D eigenvalue weighted by molar-refractivity contribution is 6.30. The van der Waals surface area contributed by atoms with E-state index in [1.54, 1.807) is 0 Å². The van der Waals surface area contributed by atoms with Crippen LogP contribution in [-0.4, -0.2) is 33.3 Å². The van der Waals surface area contributed by atoms with E-state index < -0.39 is 0 Å². The van der Waals surface area contributed by atoms with E-state index in [0.717, 1.165) is 48.8 Å². The Kier molecular flexibility index (Phi) is 3.75. The van der Waals surface area contributed by atoms with E-state index in [9.17, 15) is 0 Å². The van der Waals surface area contributed by atoms with Crippen LogP contribution in [0.15, 0.2) is 24.3 Å². The van der Waals surface area contributed by atoms with Crippen LogP contribution in [0.25, 0.3) is 0 Å². The molecule has 19 heavy (non-hydrogen) atoms. The van der Waals surface area contributed by atoms with Gasteiger partial charge in [0.05, 0.1) is 6.04 Å². The molecule has 0 radical (unpaired) electrons. The van der Waals surface area contributed by atoms with Gasteiger partial charge in [-0.25, -0.2) is 4.68 Å². The molecular weight excluding hydrogens is 262 g/mol. The summed E-state index contributed by atoms with van der Waals surface area (Å²) in [7, 11) is 0. The van der Waals surface area contributed by atoms with Gasteiger partial charge in [-0.3, -0.25) is 0 Å². The summed E-state index contributed by atoms with van der Waals surface area (Å²) in [6, 6.07) is 8.25. The molecule has 1 aromatic heterocycles. The number of hydrogen-bond donors (Lipinski definition) is 1. The number of nitrogens with zero attached hydrogens (tertiary/aromatic N) is 4. The molecule has 5 nitrogen and oxygen atoms in total. The first-order chi connectivity index (χ1) is 9.33. The van der Waals surface area contributed by atoms with Gasteiger partial charge in [0, 0.05) is 11.4 Å². The molecule has 1 aliphatic rings. The van der Waals surface area contributed by atoms with Gasteiger partial charge in [0.15, 0.2) is 5.82 Å². The standard InChI is InChI=1S/C13H16ClN5/c14-11-3-1-2-10(8-11)9-13-16-17-18-19(13)12-4-6-15-7-5-12/h1-3,8,12,15H,4-7,9H2. The van der Waals surface area contributed by atoms with Crippen LogP contribution < -0.4 is 5.32 Å². The number of piperidine rings is 1. The molecule has 0 bridgehead atoms. The molecule has 100 valence electrons. The van der Waals surface area contributed by atoms with Crippen LogP contribution in [0.4, 0.5) is 0 Å². The maximum Gasteiger partial charge on any atom is 0.155 e. The van der Waals surface area contributed by atoms with Crippen molar-refractivity contribution < 1.29 is 0 Å². The van der Waals surface area contributed by atoms with Gasteiger partial charge in [0.25, 0.3) is 0 Å². The van der Waals surface area contributed by atoms with Crippen LogP contribution in [0.5, 0.6) is 0 Å². The highest BCUT2D eigenvalue weighted by Crippen LogP contribution is 2.20. The van der Waals surface area contributed by atoms with E-state index in [1.807, 2.05) is 28.9 Å². The van der Waals surface area contributed by atoms with Crippen molar-refractivity contribution in [3.63, 3.8) is 0 Å². The summed E-state index contributed by atoms with van der Waals surface area (Å²) >= 11 is 6.01. The summed E-state index contributed by atoms with van der Waals surface area (Å²) in [6.45, 7) is 2.06. The van der Waals surface area contributed by atoms with E-state index >= 15 is 0 Å². The summed E-state index contributed by atoms with van der Waals surface area (Å²) in [4.78, 5) is 0. The number of hydrogen-bond acceptors (Lipinski definition) is 4. The van der Waals surface area contributed by atoms with Crippen LogP contribution in [0.3, 0.4) is 0 Å². The number of aromatic nitrogens is 4. The molecule has 2 heterocycles. The molecular formula is C13H16ClN5. The minimum Gasteiger partial charge on any atom is -0.317 e. The molecule has 0 saturated carbocycles. The van der Waals surface area contributed by atoms with Gasteiger partial charge in [0.1, 0.15) is 0 Å². The van der Waals surface area contributed by atoms with E-state index in [1.165, 1.54) is 0 Å². The Bertz CT molecular complexity index is 547. The smallest absolute Gasteiger partial charge is 0.155 e. The Labute approximate surface area is 117 Å². The van der Waals surface area contributed by atoms with Gasteiger partial charge in [-0.1, -0.05) is 23.7 Å². The summed E-state index contributed by atoms with van der Waals surface area (Å²) in [5, 5.41) is 16.2. The molecule has 0 aliphatic carbocycles. The van der Waals surface area contributed by atoms with Crippen molar-refractivity contribution in [2.45, 2.75) is 25.3 Å². The molecule has 2 aromatic rings. The Morgan fingerprint density at radius 2 is 2.16 bits per heavy atom. The van der Waals surface area contributed by atoms with Crippen LogP contribution in [0, 0.1) is 0 Å². The third-order valence-corrected chi connectivity index (χ3v) is 3.70. The largest absolute Gasteiger partial charge is 0.317 e. The van der Waals surface area contributed by atoms with Crippen molar-refractivity contribution in [1.82, 2.24) is 25.5 Å². The van der Waals surface area contributed by atoms with Crippen molar-refractivity contribution in [1.29, 1.82) is 0 Å². The molecule has 1 saturated heterocycles. The zero-order valence-electron chi connectivity index (χ0n) is 10.6. The number of tetrazole rings is 1. The van der Waals surface area contributed by atoms with Crippen LogP contribution in [-0.2, 0) is 6.42 Å². The quantitative estimate of drug-likeness (QED) is 0.930. The molecule has 0 unspecified atom stereocenters. The lowest BCUT2D eigenvalue weighted by atomic mass is 10.1. The molecule has 3 rings (SSSR count). The van der Waals surface area contributed by atoms with Gasteiger partial charge in [-0.05, 0) is 54.1 Å². The molecule has 1 aromatic carbocycles.